The van der Waals surface area contributed by atoms with Crippen LogP contribution >= 0.6 is 22.9 Å². The van der Waals surface area contributed by atoms with E-state index in [1.54, 1.807) is 6.92 Å². The summed E-state index contributed by atoms with van der Waals surface area (Å²) in [5.41, 5.74) is -0.974. The lowest BCUT2D eigenvalue weighted by Crippen LogP contribution is -2.27. The first-order chi connectivity index (χ1) is 16.6. The van der Waals surface area contributed by atoms with Crippen LogP contribution in [0.25, 0.3) is 0 Å². The summed E-state index contributed by atoms with van der Waals surface area (Å²) in [6.45, 7) is 2.99. The molecule has 2 amide bonds. The van der Waals surface area contributed by atoms with Gasteiger partial charge in [-0.1, -0.05) is 11.6 Å². The molecule has 3 aromatic rings. The maximum absolute atomic E-state index is 13.0. The molecule has 186 valence electrons. The van der Waals surface area contributed by atoms with E-state index in [0.29, 0.717) is 30.0 Å². The molecule has 0 aliphatic heterocycles. The summed E-state index contributed by atoms with van der Waals surface area (Å²) in [6.07, 6.45) is -1.36. The minimum absolute atomic E-state index is 0.115. The second kappa shape index (κ2) is 11.4. The SMILES string of the molecule is CNCCNc1cc(C(=O)NC(C)c2ncc(C(=O)Nc3cc(C(F)(F)F)c(Cl)cn3)s2)ncn1. The van der Waals surface area contributed by atoms with Crippen molar-refractivity contribution in [2.45, 2.75) is 19.1 Å². The Labute approximate surface area is 206 Å². The average molecular weight is 529 g/mol. The van der Waals surface area contributed by atoms with Crippen molar-refractivity contribution in [1.82, 2.24) is 30.6 Å². The predicted molar refractivity (Wildman–Crippen MR) is 125 cm³/mol. The molecule has 0 saturated carbocycles. The number of halogens is 4. The van der Waals surface area contributed by atoms with E-state index in [9.17, 15) is 22.8 Å². The third-order valence-corrected chi connectivity index (χ3v) is 5.93. The summed E-state index contributed by atoms with van der Waals surface area (Å²) in [7, 11) is 1.81. The number of nitrogens with one attached hydrogen (secondary N) is 4. The number of carbonyl (C=O) groups is 2. The Kier molecular flexibility index (Phi) is 8.53. The fraction of sp³-hybridized carbons (Fsp3) is 0.300. The van der Waals surface area contributed by atoms with Gasteiger partial charge in [0.2, 0.25) is 0 Å². The third-order valence-electron chi connectivity index (χ3n) is 4.45. The van der Waals surface area contributed by atoms with Crippen LogP contribution in [-0.4, -0.2) is 51.9 Å². The first-order valence-corrected chi connectivity index (χ1v) is 11.3. The molecule has 0 fully saturated rings. The van der Waals surface area contributed by atoms with Crippen LogP contribution in [0, 0.1) is 0 Å². The number of aromatic nitrogens is 4. The van der Waals surface area contributed by atoms with Crippen molar-refractivity contribution in [2.75, 3.05) is 30.8 Å². The van der Waals surface area contributed by atoms with E-state index in [0.717, 1.165) is 17.5 Å². The van der Waals surface area contributed by atoms with Gasteiger partial charge >= 0.3 is 6.18 Å². The lowest BCUT2D eigenvalue weighted by atomic mass is 10.2. The van der Waals surface area contributed by atoms with Crippen molar-refractivity contribution in [3.05, 3.63) is 57.0 Å². The first kappa shape index (κ1) is 26.2. The fourth-order valence-corrected chi connectivity index (χ4v) is 3.75. The number of hydrogen-bond donors (Lipinski definition) is 4. The molecular formula is C20H20ClF3N8O2S. The lowest BCUT2D eigenvalue weighted by Gasteiger charge is -2.11. The Morgan fingerprint density at radius 1 is 1.06 bits per heavy atom. The molecule has 1 unspecified atom stereocenters. The highest BCUT2D eigenvalue weighted by molar-refractivity contribution is 7.13. The molecule has 3 aromatic heterocycles. The van der Waals surface area contributed by atoms with Crippen molar-refractivity contribution in [2.24, 2.45) is 0 Å². The Balaban J connectivity index is 1.63. The zero-order valence-electron chi connectivity index (χ0n) is 18.4. The van der Waals surface area contributed by atoms with E-state index in [4.69, 9.17) is 11.6 Å². The van der Waals surface area contributed by atoms with E-state index in [1.807, 2.05) is 7.05 Å². The van der Waals surface area contributed by atoms with Crippen molar-refractivity contribution < 1.29 is 22.8 Å². The number of likely N-dealkylation sites (N-methyl/N-ethyl adjacent to an activating group) is 1. The van der Waals surface area contributed by atoms with Crippen molar-refractivity contribution in [3.8, 4) is 0 Å². The number of thiazole rings is 1. The van der Waals surface area contributed by atoms with E-state index < -0.39 is 34.6 Å². The zero-order valence-corrected chi connectivity index (χ0v) is 20.0. The Morgan fingerprint density at radius 3 is 2.54 bits per heavy atom. The van der Waals surface area contributed by atoms with Crippen molar-refractivity contribution >= 4 is 46.4 Å². The largest absolute Gasteiger partial charge is 0.418 e. The van der Waals surface area contributed by atoms with Gasteiger partial charge in [-0.2, -0.15) is 13.2 Å². The highest BCUT2D eigenvalue weighted by Gasteiger charge is 2.34. The summed E-state index contributed by atoms with van der Waals surface area (Å²) < 4.78 is 39.1. The number of pyridine rings is 1. The molecule has 10 nitrogen and oxygen atoms in total. The number of rotatable bonds is 9. The fourth-order valence-electron chi connectivity index (χ4n) is 2.72. The summed E-state index contributed by atoms with van der Waals surface area (Å²) in [4.78, 5) is 41.0. The standard InChI is InChI=1S/C20H20ClF3N8O2S/c1-10(31-17(33)13-6-15(30-9-29-13)26-4-3-25-2)19-28-8-14(35-19)18(34)32-16-5-11(20(22,23)24)12(21)7-27-16/h5-10,25H,3-4H2,1-2H3,(H,31,33)(H,26,29,30)(H,27,32,34). The minimum atomic E-state index is -4.70. The van der Waals surface area contributed by atoms with Crippen LogP contribution in [0.4, 0.5) is 24.8 Å². The van der Waals surface area contributed by atoms with E-state index in [1.165, 1.54) is 18.6 Å². The van der Waals surface area contributed by atoms with Gasteiger partial charge in [0.25, 0.3) is 11.8 Å². The highest BCUT2D eigenvalue weighted by atomic mass is 35.5. The van der Waals surface area contributed by atoms with Crippen LogP contribution in [0.1, 0.15) is 43.7 Å². The maximum Gasteiger partial charge on any atom is 0.418 e. The van der Waals surface area contributed by atoms with Crippen LogP contribution in [0.5, 0.6) is 0 Å². The molecule has 3 heterocycles. The number of anilines is 2. The highest BCUT2D eigenvalue weighted by Crippen LogP contribution is 2.35. The second-order valence-corrected chi connectivity index (χ2v) is 8.55. The zero-order chi connectivity index (χ0) is 25.6. The molecule has 0 aromatic carbocycles. The van der Waals surface area contributed by atoms with Crippen molar-refractivity contribution in [3.63, 3.8) is 0 Å². The monoisotopic (exact) mass is 528 g/mol. The van der Waals surface area contributed by atoms with Crippen LogP contribution in [0.15, 0.2) is 30.9 Å². The molecule has 0 spiro atoms. The molecule has 0 aliphatic carbocycles. The Morgan fingerprint density at radius 2 is 1.83 bits per heavy atom. The van der Waals surface area contributed by atoms with Crippen LogP contribution in [0.3, 0.4) is 0 Å². The van der Waals surface area contributed by atoms with Crippen LogP contribution in [0.2, 0.25) is 5.02 Å². The van der Waals surface area contributed by atoms with Gasteiger partial charge in [0.15, 0.2) is 0 Å². The normalized spacial score (nSPS) is 12.2. The van der Waals surface area contributed by atoms with Crippen LogP contribution < -0.4 is 21.3 Å². The van der Waals surface area contributed by atoms with Crippen LogP contribution in [-0.2, 0) is 6.18 Å². The molecule has 1 atom stereocenters. The van der Waals surface area contributed by atoms with Gasteiger partial charge in [-0.05, 0) is 20.0 Å². The first-order valence-electron chi connectivity index (χ1n) is 10.1. The van der Waals surface area contributed by atoms with Gasteiger partial charge in [-0.25, -0.2) is 19.9 Å². The molecule has 15 heteroatoms. The summed E-state index contributed by atoms with van der Waals surface area (Å²) >= 11 is 6.51. The quantitative estimate of drug-likeness (QED) is 0.311. The van der Waals surface area contributed by atoms with Gasteiger partial charge in [-0.15, -0.1) is 11.3 Å². The number of carbonyl (C=O) groups excluding carboxylic acids is 2. The number of alkyl halides is 3. The molecular weight excluding hydrogens is 509 g/mol. The smallest absolute Gasteiger partial charge is 0.369 e. The predicted octanol–water partition coefficient (Wildman–Crippen LogP) is 3.37. The van der Waals surface area contributed by atoms with E-state index >= 15 is 0 Å². The summed E-state index contributed by atoms with van der Waals surface area (Å²) in [6, 6.07) is 1.58. The lowest BCUT2D eigenvalue weighted by molar-refractivity contribution is -0.137. The molecule has 0 aliphatic rings. The van der Waals surface area contributed by atoms with Gasteiger partial charge in [0.1, 0.15) is 33.5 Å². The van der Waals surface area contributed by atoms with E-state index in [-0.39, 0.29) is 16.4 Å². The molecule has 0 bridgehead atoms. The molecule has 4 N–H and O–H groups in total. The Hall–Kier alpha value is -3.36. The minimum Gasteiger partial charge on any atom is -0.369 e. The third kappa shape index (κ3) is 7.07. The van der Waals surface area contributed by atoms with Gasteiger partial charge < -0.3 is 21.3 Å². The summed E-state index contributed by atoms with van der Waals surface area (Å²) in [5, 5.41) is 10.9. The number of hydrogen-bond acceptors (Lipinski definition) is 9. The second-order valence-electron chi connectivity index (χ2n) is 7.08. The molecule has 0 saturated heterocycles. The maximum atomic E-state index is 13.0. The van der Waals surface area contributed by atoms with Gasteiger partial charge in [0.05, 0.1) is 22.8 Å². The topological polar surface area (TPSA) is 134 Å². The van der Waals surface area contributed by atoms with Gasteiger partial charge in [-0.3, -0.25) is 9.59 Å². The van der Waals surface area contributed by atoms with E-state index in [2.05, 4.69) is 41.2 Å². The van der Waals surface area contributed by atoms with Crippen molar-refractivity contribution in [1.29, 1.82) is 0 Å². The number of amides is 2. The average Bonchev–Trinajstić information content (AvgIpc) is 3.31. The number of nitrogens with zero attached hydrogens (tertiary/aromatic N) is 4. The molecule has 3 rings (SSSR count). The molecule has 0 radical (unpaired) electrons. The molecule has 35 heavy (non-hydrogen) atoms. The van der Waals surface area contributed by atoms with Gasteiger partial charge in [0, 0.05) is 25.4 Å². The Bertz CT molecular complexity index is 1210. The summed E-state index contributed by atoms with van der Waals surface area (Å²) in [5.74, 6) is -0.997.